The third-order valence-electron chi connectivity index (χ3n) is 5.74. The van der Waals surface area contributed by atoms with E-state index in [1.807, 2.05) is 0 Å². The second kappa shape index (κ2) is 3.38. The first-order chi connectivity index (χ1) is 8.26. The molecule has 100 valence electrons. The summed E-state index contributed by atoms with van der Waals surface area (Å²) >= 11 is 0. The van der Waals surface area contributed by atoms with Gasteiger partial charge in [-0.2, -0.15) is 0 Å². The van der Waals surface area contributed by atoms with E-state index in [1.165, 1.54) is 0 Å². The third-order valence-corrected chi connectivity index (χ3v) is 5.74. The maximum absolute atomic E-state index is 11.4. The molecule has 0 bridgehead atoms. The highest BCUT2D eigenvalue weighted by Crippen LogP contribution is 2.66. The van der Waals surface area contributed by atoms with Crippen LogP contribution >= 0.6 is 0 Å². The number of carboxylic acids is 1. The quantitative estimate of drug-likeness (QED) is 0.752. The average Bonchev–Trinajstić information content (AvgIpc) is 2.57. The van der Waals surface area contributed by atoms with Crippen molar-refractivity contribution in [3.8, 4) is 0 Å². The van der Waals surface area contributed by atoms with E-state index in [-0.39, 0.29) is 16.7 Å². The molecule has 3 aliphatic carbocycles. The Hall–Kier alpha value is -0.830. The Balaban J connectivity index is 2.08. The lowest BCUT2D eigenvalue weighted by atomic mass is 9.51. The molecule has 0 aromatic heterocycles. The van der Waals surface area contributed by atoms with Crippen molar-refractivity contribution in [2.24, 2.45) is 22.7 Å². The maximum Gasteiger partial charge on any atom is 0.334 e. The standard InChI is InChI=1S/C15H22O3/c1-14(2)6-8-10(7-14)15(3)5-4-9(15)11(12(8)16)13(17)18/h8,10,12,16H,4-7H2,1-3H3,(H,17,18)/t8-,10+,12+,15+/m1/s1. The first-order valence-electron chi connectivity index (χ1n) is 6.91. The monoisotopic (exact) mass is 250 g/mol. The topological polar surface area (TPSA) is 57.5 Å². The molecule has 2 saturated carbocycles. The summed E-state index contributed by atoms with van der Waals surface area (Å²) in [5.74, 6) is -0.305. The van der Waals surface area contributed by atoms with Crippen molar-refractivity contribution < 1.29 is 15.0 Å². The summed E-state index contributed by atoms with van der Waals surface area (Å²) in [6.45, 7) is 6.68. The van der Waals surface area contributed by atoms with Gasteiger partial charge in [-0.1, -0.05) is 26.3 Å². The SMILES string of the molecule is CC1(C)C[C@H]2[C@H](O)C(C(=O)O)=C3CC[C@]3(C)[C@H]2C1. The number of carbonyl (C=O) groups is 1. The number of hydrogen-bond acceptors (Lipinski definition) is 2. The minimum Gasteiger partial charge on any atom is -0.478 e. The molecule has 0 saturated heterocycles. The van der Waals surface area contributed by atoms with E-state index in [2.05, 4.69) is 20.8 Å². The Bertz CT molecular complexity index is 449. The molecule has 0 amide bonds. The number of allylic oxidation sites excluding steroid dienone is 1. The van der Waals surface area contributed by atoms with E-state index in [9.17, 15) is 15.0 Å². The Morgan fingerprint density at radius 1 is 1.28 bits per heavy atom. The van der Waals surface area contributed by atoms with Crippen LogP contribution in [0, 0.1) is 22.7 Å². The summed E-state index contributed by atoms with van der Waals surface area (Å²) in [6.07, 6.45) is 3.25. The molecule has 0 aliphatic heterocycles. The number of aliphatic hydroxyl groups excluding tert-OH is 1. The van der Waals surface area contributed by atoms with Crippen molar-refractivity contribution in [1.29, 1.82) is 0 Å². The molecule has 2 fully saturated rings. The smallest absolute Gasteiger partial charge is 0.334 e. The normalized spacial score (nSPS) is 45.2. The molecule has 3 heteroatoms. The van der Waals surface area contributed by atoms with Gasteiger partial charge in [-0.3, -0.25) is 0 Å². The van der Waals surface area contributed by atoms with Crippen molar-refractivity contribution in [1.82, 2.24) is 0 Å². The van der Waals surface area contributed by atoms with Gasteiger partial charge in [0.1, 0.15) is 0 Å². The van der Waals surface area contributed by atoms with Crippen LogP contribution in [0.3, 0.4) is 0 Å². The van der Waals surface area contributed by atoms with Gasteiger partial charge in [0.05, 0.1) is 11.7 Å². The molecular weight excluding hydrogens is 228 g/mol. The van der Waals surface area contributed by atoms with Gasteiger partial charge < -0.3 is 10.2 Å². The molecule has 3 aliphatic rings. The van der Waals surface area contributed by atoms with Gasteiger partial charge in [0.2, 0.25) is 0 Å². The molecular formula is C15H22O3. The summed E-state index contributed by atoms with van der Waals surface area (Å²) in [6, 6.07) is 0. The van der Waals surface area contributed by atoms with Crippen LogP contribution < -0.4 is 0 Å². The Kier molecular flexibility index (Phi) is 2.30. The molecule has 18 heavy (non-hydrogen) atoms. The second-order valence-corrected chi connectivity index (χ2v) is 7.40. The number of aliphatic carboxylic acids is 1. The van der Waals surface area contributed by atoms with E-state index in [4.69, 9.17) is 0 Å². The summed E-state index contributed by atoms with van der Waals surface area (Å²) in [4.78, 5) is 11.4. The van der Waals surface area contributed by atoms with E-state index in [0.29, 0.717) is 11.5 Å². The molecule has 0 heterocycles. The second-order valence-electron chi connectivity index (χ2n) is 7.40. The van der Waals surface area contributed by atoms with Crippen LogP contribution in [0.25, 0.3) is 0 Å². The van der Waals surface area contributed by atoms with Crippen molar-refractivity contribution in [3.05, 3.63) is 11.1 Å². The highest BCUT2D eigenvalue weighted by molar-refractivity contribution is 5.90. The van der Waals surface area contributed by atoms with Crippen molar-refractivity contribution in [3.63, 3.8) is 0 Å². The number of rotatable bonds is 1. The molecule has 0 aromatic rings. The van der Waals surface area contributed by atoms with Gasteiger partial charge in [0, 0.05) is 0 Å². The van der Waals surface area contributed by atoms with E-state index in [0.717, 1.165) is 31.3 Å². The van der Waals surface area contributed by atoms with Crippen LogP contribution in [0.4, 0.5) is 0 Å². The lowest BCUT2D eigenvalue weighted by Crippen LogP contribution is -2.49. The Morgan fingerprint density at radius 3 is 2.44 bits per heavy atom. The molecule has 2 N–H and O–H groups in total. The van der Waals surface area contributed by atoms with E-state index in [1.54, 1.807) is 0 Å². The fourth-order valence-corrected chi connectivity index (χ4v) is 4.78. The molecule has 0 spiro atoms. The van der Waals surface area contributed by atoms with Crippen molar-refractivity contribution >= 4 is 5.97 Å². The van der Waals surface area contributed by atoms with Crippen LogP contribution in [0.2, 0.25) is 0 Å². The first-order valence-corrected chi connectivity index (χ1v) is 6.91. The first kappa shape index (κ1) is 12.2. The van der Waals surface area contributed by atoms with Crippen molar-refractivity contribution in [2.75, 3.05) is 0 Å². The zero-order valence-corrected chi connectivity index (χ0v) is 11.4. The number of hydrogen-bond donors (Lipinski definition) is 2. The Morgan fingerprint density at radius 2 is 1.94 bits per heavy atom. The van der Waals surface area contributed by atoms with Crippen LogP contribution in [0.5, 0.6) is 0 Å². The largest absolute Gasteiger partial charge is 0.478 e. The van der Waals surface area contributed by atoms with Gasteiger partial charge in [-0.05, 0) is 48.3 Å². The van der Waals surface area contributed by atoms with Gasteiger partial charge in [-0.25, -0.2) is 4.79 Å². The third kappa shape index (κ3) is 1.37. The Labute approximate surface area is 108 Å². The maximum atomic E-state index is 11.4. The summed E-state index contributed by atoms with van der Waals surface area (Å²) < 4.78 is 0. The van der Waals surface area contributed by atoms with E-state index >= 15 is 0 Å². The fourth-order valence-electron chi connectivity index (χ4n) is 4.78. The highest BCUT2D eigenvalue weighted by Gasteiger charge is 2.60. The molecule has 3 rings (SSSR count). The predicted octanol–water partition coefficient (Wildman–Crippen LogP) is 2.59. The molecule has 0 aromatic carbocycles. The molecule has 0 radical (unpaired) electrons. The lowest BCUT2D eigenvalue weighted by molar-refractivity contribution is -0.135. The fraction of sp³-hybridized carbons (Fsp3) is 0.800. The minimum absolute atomic E-state index is 0.0470. The van der Waals surface area contributed by atoms with E-state index < -0.39 is 12.1 Å². The summed E-state index contributed by atoms with van der Waals surface area (Å²) in [5.41, 5.74) is 1.63. The lowest BCUT2D eigenvalue weighted by Gasteiger charge is -2.54. The van der Waals surface area contributed by atoms with Crippen molar-refractivity contribution in [2.45, 2.75) is 52.6 Å². The van der Waals surface area contributed by atoms with Crippen LogP contribution in [0.1, 0.15) is 46.5 Å². The zero-order valence-electron chi connectivity index (χ0n) is 11.4. The van der Waals surface area contributed by atoms with Crippen LogP contribution in [0.15, 0.2) is 11.1 Å². The highest BCUT2D eigenvalue weighted by atomic mass is 16.4. The number of fused-ring (bicyclic) bond motifs is 3. The molecule has 0 unspecified atom stereocenters. The summed E-state index contributed by atoms with van der Waals surface area (Å²) in [7, 11) is 0. The minimum atomic E-state index is -0.911. The van der Waals surface area contributed by atoms with Gasteiger partial charge in [-0.15, -0.1) is 0 Å². The van der Waals surface area contributed by atoms with Crippen LogP contribution in [-0.2, 0) is 4.79 Å². The van der Waals surface area contributed by atoms with Gasteiger partial charge in [0.15, 0.2) is 0 Å². The van der Waals surface area contributed by atoms with Crippen LogP contribution in [-0.4, -0.2) is 22.3 Å². The predicted molar refractivity (Wildman–Crippen MR) is 68.0 cm³/mol. The molecule has 4 atom stereocenters. The summed E-state index contributed by atoms with van der Waals surface area (Å²) in [5, 5.41) is 19.8. The molecule has 3 nitrogen and oxygen atoms in total. The number of aliphatic hydroxyl groups is 1. The van der Waals surface area contributed by atoms with Gasteiger partial charge >= 0.3 is 5.97 Å². The zero-order chi connectivity index (χ0) is 13.3. The average molecular weight is 250 g/mol. The van der Waals surface area contributed by atoms with Gasteiger partial charge in [0.25, 0.3) is 0 Å². The number of carboxylic acid groups (broad SMARTS) is 1.